The first-order valence-electron chi connectivity index (χ1n) is 7.06. The number of hydrogen-bond donors (Lipinski definition) is 1. The first-order chi connectivity index (χ1) is 10.3. The Morgan fingerprint density at radius 3 is 2.14 bits per heavy atom. The van der Waals surface area contributed by atoms with E-state index in [9.17, 15) is 0 Å². The molecule has 0 bridgehead atoms. The van der Waals surface area contributed by atoms with E-state index >= 15 is 0 Å². The van der Waals surface area contributed by atoms with E-state index in [0.717, 1.165) is 0 Å². The van der Waals surface area contributed by atoms with Gasteiger partial charge in [-0.3, -0.25) is 5.32 Å². The van der Waals surface area contributed by atoms with Gasteiger partial charge in [0.2, 0.25) is 0 Å². The fourth-order valence-electron chi connectivity index (χ4n) is 2.33. The Morgan fingerprint density at radius 1 is 1.05 bits per heavy atom. The van der Waals surface area contributed by atoms with Crippen molar-refractivity contribution in [2.45, 2.75) is 12.1 Å². The molecule has 2 aromatic rings. The van der Waals surface area contributed by atoms with Crippen LogP contribution in [0.3, 0.4) is 0 Å². The molecule has 0 heterocycles. The molecule has 0 aromatic heterocycles. The van der Waals surface area contributed by atoms with Crippen molar-refractivity contribution in [2.75, 3.05) is 13.7 Å². The van der Waals surface area contributed by atoms with Crippen LogP contribution >= 0.6 is 0 Å². The van der Waals surface area contributed by atoms with Crippen LogP contribution in [0.4, 0.5) is 0 Å². The van der Waals surface area contributed by atoms with Crippen molar-refractivity contribution in [3.05, 3.63) is 90.2 Å². The molecule has 0 unspecified atom stereocenters. The lowest BCUT2D eigenvalue weighted by atomic mass is 10.0. The van der Waals surface area contributed by atoms with Crippen LogP contribution in [-0.2, 0) is 4.74 Å². The first kappa shape index (κ1) is 15.3. The summed E-state index contributed by atoms with van der Waals surface area (Å²) in [5.74, 6) is 0. The fraction of sp³-hybridized carbons (Fsp3) is 0.211. The van der Waals surface area contributed by atoms with Crippen molar-refractivity contribution in [1.29, 1.82) is 0 Å². The fourth-order valence-corrected chi connectivity index (χ4v) is 2.33. The second-order valence-corrected chi connectivity index (χ2v) is 4.84. The van der Waals surface area contributed by atoms with Crippen molar-refractivity contribution >= 4 is 0 Å². The molecule has 0 saturated carbocycles. The van der Waals surface area contributed by atoms with Gasteiger partial charge in [-0.1, -0.05) is 67.2 Å². The maximum atomic E-state index is 5.36. The summed E-state index contributed by atoms with van der Waals surface area (Å²) in [7, 11) is 1.72. The summed E-state index contributed by atoms with van der Waals surface area (Å²) in [4.78, 5) is 0. The van der Waals surface area contributed by atoms with Crippen LogP contribution in [0.25, 0.3) is 0 Å². The standard InChI is InChI=1S/C19H21NO/c1-3-10-18(16-11-6-4-7-12-16)20-19(15-21-2)17-13-8-5-9-14-17/h4-14,18-20H,1,15H2,2H3/t18-,19+/m1/s1. The molecule has 0 aliphatic carbocycles. The van der Waals surface area contributed by atoms with Crippen molar-refractivity contribution < 1.29 is 4.74 Å². The normalized spacial score (nSPS) is 13.2. The zero-order chi connectivity index (χ0) is 14.9. The molecule has 2 aromatic carbocycles. The van der Waals surface area contributed by atoms with E-state index in [2.05, 4.69) is 41.9 Å². The average Bonchev–Trinajstić information content (AvgIpc) is 2.55. The monoisotopic (exact) mass is 279 g/mol. The van der Waals surface area contributed by atoms with Gasteiger partial charge in [-0.25, -0.2) is 0 Å². The summed E-state index contributed by atoms with van der Waals surface area (Å²) in [6.45, 7) is 4.31. The molecule has 2 heteroatoms. The highest BCUT2D eigenvalue weighted by Crippen LogP contribution is 2.21. The van der Waals surface area contributed by atoms with E-state index in [0.29, 0.717) is 6.61 Å². The van der Waals surface area contributed by atoms with E-state index < -0.39 is 0 Å². The molecule has 0 fully saturated rings. The average molecular weight is 279 g/mol. The molecule has 2 rings (SSSR count). The van der Waals surface area contributed by atoms with Crippen LogP contribution in [0.5, 0.6) is 0 Å². The lowest BCUT2D eigenvalue weighted by Crippen LogP contribution is -2.28. The van der Waals surface area contributed by atoms with Gasteiger partial charge in [0.05, 0.1) is 18.7 Å². The summed E-state index contributed by atoms with van der Waals surface area (Å²) in [5, 5.41) is 3.61. The molecule has 2 nitrogen and oxygen atoms in total. The number of benzene rings is 2. The van der Waals surface area contributed by atoms with Gasteiger partial charge in [0, 0.05) is 7.11 Å². The highest BCUT2D eigenvalue weighted by molar-refractivity contribution is 5.25. The summed E-state index contributed by atoms with van der Waals surface area (Å²) in [6, 6.07) is 20.8. The first-order valence-corrected chi connectivity index (χ1v) is 7.06. The summed E-state index contributed by atoms with van der Waals surface area (Å²) in [5.41, 5.74) is 5.28. The summed E-state index contributed by atoms with van der Waals surface area (Å²) < 4.78 is 5.36. The minimum absolute atomic E-state index is 0.0593. The van der Waals surface area contributed by atoms with E-state index in [1.807, 2.05) is 42.5 Å². The Bertz CT molecular complexity index is 573. The van der Waals surface area contributed by atoms with Gasteiger partial charge < -0.3 is 4.74 Å². The van der Waals surface area contributed by atoms with Crippen molar-refractivity contribution in [3.8, 4) is 0 Å². The molecular weight excluding hydrogens is 258 g/mol. The number of nitrogens with one attached hydrogen (secondary N) is 1. The van der Waals surface area contributed by atoms with Crippen LogP contribution in [0.1, 0.15) is 23.2 Å². The van der Waals surface area contributed by atoms with Crippen LogP contribution < -0.4 is 5.32 Å². The highest BCUT2D eigenvalue weighted by atomic mass is 16.5. The highest BCUT2D eigenvalue weighted by Gasteiger charge is 2.16. The molecule has 0 spiro atoms. The van der Waals surface area contributed by atoms with Crippen LogP contribution in [-0.4, -0.2) is 13.7 Å². The van der Waals surface area contributed by atoms with E-state index in [4.69, 9.17) is 4.74 Å². The SMILES string of the molecule is C=C=C[C@@H](N[C@@H](COC)c1ccccc1)c1ccccc1. The number of methoxy groups -OCH3 is 1. The van der Waals surface area contributed by atoms with Crippen molar-refractivity contribution in [3.63, 3.8) is 0 Å². The molecule has 0 aliphatic rings. The largest absolute Gasteiger partial charge is 0.383 e. The second-order valence-electron chi connectivity index (χ2n) is 4.84. The third kappa shape index (κ3) is 4.44. The van der Waals surface area contributed by atoms with Crippen LogP contribution in [0, 0.1) is 0 Å². The van der Waals surface area contributed by atoms with Crippen molar-refractivity contribution in [1.82, 2.24) is 5.32 Å². The Hall–Kier alpha value is -2.12. The van der Waals surface area contributed by atoms with Crippen molar-refractivity contribution in [2.24, 2.45) is 0 Å². The smallest absolute Gasteiger partial charge is 0.0657 e. The number of hydrogen-bond acceptors (Lipinski definition) is 2. The Labute approximate surface area is 126 Å². The predicted molar refractivity (Wildman–Crippen MR) is 87.1 cm³/mol. The van der Waals surface area contributed by atoms with Crippen LogP contribution in [0.2, 0.25) is 0 Å². The lowest BCUT2D eigenvalue weighted by molar-refractivity contribution is 0.163. The zero-order valence-electron chi connectivity index (χ0n) is 12.3. The molecule has 108 valence electrons. The molecule has 1 N–H and O–H groups in total. The van der Waals surface area contributed by atoms with E-state index in [1.54, 1.807) is 7.11 Å². The minimum atomic E-state index is 0.0593. The van der Waals surface area contributed by atoms with Gasteiger partial charge in [-0.05, 0) is 17.2 Å². The Balaban J connectivity index is 2.22. The number of ether oxygens (including phenoxy) is 1. The van der Waals surface area contributed by atoms with Gasteiger partial charge in [0.1, 0.15) is 0 Å². The van der Waals surface area contributed by atoms with Gasteiger partial charge in [-0.2, -0.15) is 0 Å². The summed E-state index contributed by atoms with van der Waals surface area (Å²) >= 11 is 0. The molecule has 0 radical (unpaired) electrons. The van der Waals surface area contributed by atoms with Gasteiger partial charge in [-0.15, -0.1) is 5.73 Å². The van der Waals surface area contributed by atoms with Gasteiger partial charge >= 0.3 is 0 Å². The number of rotatable bonds is 7. The Morgan fingerprint density at radius 2 is 1.62 bits per heavy atom. The minimum Gasteiger partial charge on any atom is -0.383 e. The third-order valence-electron chi connectivity index (χ3n) is 3.36. The molecule has 0 amide bonds. The summed E-state index contributed by atoms with van der Waals surface area (Å²) in [6.07, 6.45) is 1.95. The van der Waals surface area contributed by atoms with Crippen LogP contribution in [0.15, 0.2) is 79.0 Å². The molecule has 21 heavy (non-hydrogen) atoms. The molecule has 2 atom stereocenters. The maximum Gasteiger partial charge on any atom is 0.0657 e. The topological polar surface area (TPSA) is 21.3 Å². The maximum absolute atomic E-state index is 5.36. The second kappa shape index (κ2) is 8.23. The quantitative estimate of drug-likeness (QED) is 0.772. The lowest BCUT2D eigenvalue weighted by Gasteiger charge is -2.24. The third-order valence-corrected chi connectivity index (χ3v) is 3.36. The molecule has 0 aliphatic heterocycles. The van der Waals surface area contributed by atoms with Gasteiger partial charge in [0.25, 0.3) is 0 Å². The predicted octanol–water partition coefficient (Wildman–Crippen LogP) is 4.05. The zero-order valence-corrected chi connectivity index (χ0v) is 12.3. The van der Waals surface area contributed by atoms with Gasteiger partial charge in [0.15, 0.2) is 0 Å². The Kier molecular flexibility index (Phi) is 5.99. The van der Waals surface area contributed by atoms with E-state index in [1.165, 1.54) is 11.1 Å². The molecule has 0 saturated heterocycles. The van der Waals surface area contributed by atoms with E-state index in [-0.39, 0.29) is 12.1 Å². The molecular formula is C19H21NO.